The molecule has 0 aliphatic carbocycles. The maximum Gasteiger partial charge on any atom is 0.416 e. The fourth-order valence-electron chi connectivity index (χ4n) is 5.05. The summed E-state index contributed by atoms with van der Waals surface area (Å²) < 4.78 is 39.4. The number of carbonyl (C=O) groups excluding carboxylic acids is 1. The number of amides is 2. The van der Waals surface area contributed by atoms with Crippen LogP contribution >= 0.6 is 22.6 Å². The van der Waals surface area contributed by atoms with Crippen LogP contribution in [-0.2, 0) is 6.18 Å². The zero-order valence-electron chi connectivity index (χ0n) is 18.7. The molecule has 2 N–H and O–H groups in total. The van der Waals surface area contributed by atoms with Crippen molar-refractivity contribution in [2.75, 3.05) is 18.4 Å². The van der Waals surface area contributed by atoms with Gasteiger partial charge in [0.1, 0.15) is 3.61 Å². The number of nitrogens with one attached hydrogen (secondary N) is 1. The second-order valence-electron chi connectivity index (χ2n) is 9.08. The molecule has 1 unspecified atom stereocenters. The van der Waals surface area contributed by atoms with Crippen LogP contribution in [0.2, 0.25) is 0 Å². The molecule has 184 valence electrons. The van der Waals surface area contributed by atoms with E-state index < -0.39 is 15.3 Å². The van der Waals surface area contributed by atoms with Crippen molar-refractivity contribution in [3.05, 3.63) is 72.2 Å². The minimum atomic E-state index is -4.42. The molecule has 6 nitrogen and oxygen atoms in total. The summed E-state index contributed by atoms with van der Waals surface area (Å²) >= 11 is 2.14. The maximum absolute atomic E-state index is 12.7. The van der Waals surface area contributed by atoms with Crippen LogP contribution in [0.25, 0.3) is 11.3 Å². The largest absolute Gasteiger partial charge is 0.416 e. The number of anilines is 1. The molecule has 3 aromatic rings. The Labute approximate surface area is 214 Å². The van der Waals surface area contributed by atoms with E-state index in [4.69, 9.17) is 0 Å². The number of aromatic nitrogens is 2. The molecule has 0 radical (unpaired) electrons. The highest BCUT2D eigenvalue weighted by Gasteiger charge is 2.42. The predicted molar refractivity (Wildman–Crippen MR) is 134 cm³/mol. The highest BCUT2D eigenvalue weighted by Crippen LogP contribution is 2.47. The van der Waals surface area contributed by atoms with E-state index in [0.717, 1.165) is 23.4 Å². The standard InChI is InChI=1S/C25H24F3IN4O2/c26-25(27,28)17-5-7-18(8-6-17)31-23(34)32-11-9-16(10-12-32)24(29,35)13-21-19-3-1-2-4-20(19)22-14-30-15-33(21)22/h1-8,14-16,21,35H,9-13H2,(H,31,34)/t21?,24-/m0/s1. The van der Waals surface area contributed by atoms with Gasteiger partial charge in [0.2, 0.25) is 0 Å². The number of carbonyl (C=O) groups is 1. The Kier molecular flexibility index (Phi) is 6.28. The zero-order valence-corrected chi connectivity index (χ0v) is 20.8. The monoisotopic (exact) mass is 596 g/mol. The number of nitrogens with zero attached hydrogens (tertiary/aromatic N) is 3. The third-order valence-corrected chi connectivity index (χ3v) is 8.27. The summed E-state index contributed by atoms with van der Waals surface area (Å²) in [6.45, 7) is 0.917. The molecule has 1 aromatic heterocycles. The molecule has 35 heavy (non-hydrogen) atoms. The number of alkyl halides is 4. The molecule has 1 saturated heterocycles. The molecule has 5 rings (SSSR count). The van der Waals surface area contributed by atoms with E-state index in [1.807, 2.05) is 18.3 Å². The molecular weight excluding hydrogens is 572 g/mol. The number of hydrogen-bond acceptors (Lipinski definition) is 3. The van der Waals surface area contributed by atoms with Crippen molar-refractivity contribution < 1.29 is 23.1 Å². The van der Waals surface area contributed by atoms with Crippen molar-refractivity contribution in [1.29, 1.82) is 0 Å². The van der Waals surface area contributed by atoms with Gasteiger partial charge in [0, 0.05) is 36.7 Å². The minimum absolute atomic E-state index is 0.00190. The highest BCUT2D eigenvalue weighted by molar-refractivity contribution is 14.1. The Morgan fingerprint density at radius 3 is 2.49 bits per heavy atom. The summed E-state index contributed by atoms with van der Waals surface area (Å²) in [5, 5.41) is 14.1. The van der Waals surface area contributed by atoms with Crippen molar-refractivity contribution in [3.8, 4) is 11.3 Å². The van der Waals surface area contributed by atoms with E-state index in [9.17, 15) is 23.1 Å². The maximum atomic E-state index is 12.7. The fourth-order valence-corrected chi connectivity index (χ4v) is 6.09. The number of halogens is 4. The molecule has 3 heterocycles. The van der Waals surface area contributed by atoms with Crippen LogP contribution in [0.5, 0.6) is 0 Å². The number of rotatable bonds is 4. The van der Waals surface area contributed by atoms with Crippen LogP contribution < -0.4 is 5.32 Å². The Morgan fingerprint density at radius 2 is 1.80 bits per heavy atom. The molecule has 2 amide bonds. The molecule has 1 fully saturated rings. The smallest absolute Gasteiger partial charge is 0.379 e. The number of imidazole rings is 1. The van der Waals surface area contributed by atoms with Crippen LogP contribution in [0.1, 0.15) is 36.4 Å². The first-order valence-electron chi connectivity index (χ1n) is 11.4. The van der Waals surface area contributed by atoms with E-state index in [0.29, 0.717) is 38.0 Å². The topological polar surface area (TPSA) is 70.4 Å². The summed E-state index contributed by atoms with van der Waals surface area (Å²) in [4.78, 5) is 18.6. The summed E-state index contributed by atoms with van der Waals surface area (Å²) in [6.07, 6.45) is 1.02. The molecule has 2 aliphatic rings. The molecular formula is C25H24F3IN4O2. The second kappa shape index (κ2) is 9.12. The molecule has 10 heteroatoms. The van der Waals surface area contributed by atoms with Gasteiger partial charge in [-0.2, -0.15) is 13.2 Å². The Bertz CT molecular complexity index is 1220. The SMILES string of the molecule is O=C(Nc1ccc(C(F)(F)F)cc1)N1CCC([C@](O)(I)CC2c3ccccc3-c3cncn32)CC1. The number of benzene rings is 2. The van der Waals surface area contributed by atoms with Gasteiger partial charge in [-0.1, -0.05) is 24.3 Å². The fraction of sp³-hybridized carbons (Fsp3) is 0.360. The van der Waals surface area contributed by atoms with Gasteiger partial charge in [0.25, 0.3) is 0 Å². The van der Waals surface area contributed by atoms with Crippen LogP contribution in [0.4, 0.5) is 23.7 Å². The summed E-state index contributed by atoms with van der Waals surface area (Å²) in [5.41, 5.74) is 2.91. The molecule has 0 bridgehead atoms. The highest BCUT2D eigenvalue weighted by atomic mass is 127. The van der Waals surface area contributed by atoms with Gasteiger partial charge in [-0.3, -0.25) is 0 Å². The van der Waals surface area contributed by atoms with Crippen LogP contribution in [-0.4, -0.2) is 42.3 Å². The Balaban J connectivity index is 1.20. The molecule has 2 atom stereocenters. The molecule has 2 aromatic carbocycles. The molecule has 0 spiro atoms. The predicted octanol–water partition coefficient (Wildman–Crippen LogP) is 5.93. The summed E-state index contributed by atoms with van der Waals surface area (Å²) in [6, 6.07) is 12.2. The van der Waals surface area contributed by atoms with Crippen molar-refractivity contribution in [2.24, 2.45) is 5.92 Å². The Morgan fingerprint density at radius 1 is 1.11 bits per heavy atom. The van der Waals surface area contributed by atoms with Gasteiger partial charge >= 0.3 is 12.2 Å². The van der Waals surface area contributed by atoms with E-state index in [1.165, 1.54) is 17.7 Å². The van der Waals surface area contributed by atoms with Crippen LogP contribution in [0.3, 0.4) is 0 Å². The Hall–Kier alpha value is -2.60. The van der Waals surface area contributed by atoms with E-state index in [2.05, 4.69) is 49.6 Å². The third-order valence-electron chi connectivity index (χ3n) is 6.95. The van der Waals surface area contributed by atoms with Crippen molar-refractivity contribution in [1.82, 2.24) is 14.5 Å². The van der Waals surface area contributed by atoms with Gasteiger partial charge in [0.05, 0.1) is 29.8 Å². The quantitative estimate of drug-likeness (QED) is 0.290. The second-order valence-corrected chi connectivity index (χ2v) is 10.9. The van der Waals surface area contributed by atoms with Gasteiger partial charge < -0.3 is 19.9 Å². The first kappa shape index (κ1) is 24.1. The van der Waals surface area contributed by atoms with E-state index in [1.54, 1.807) is 11.2 Å². The summed E-state index contributed by atoms with van der Waals surface area (Å²) in [5.74, 6) is -0.00190. The van der Waals surface area contributed by atoms with Crippen LogP contribution in [0.15, 0.2) is 61.1 Å². The van der Waals surface area contributed by atoms with Crippen LogP contribution in [0, 0.1) is 5.92 Å². The van der Waals surface area contributed by atoms with Crippen molar-refractivity contribution in [2.45, 2.75) is 35.1 Å². The van der Waals surface area contributed by atoms with E-state index >= 15 is 0 Å². The van der Waals surface area contributed by atoms with Gasteiger partial charge in [-0.05, 0) is 65.3 Å². The average Bonchev–Trinajstić information content (AvgIpc) is 3.42. The lowest BCUT2D eigenvalue weighted by Gasteiger charge is -2.39. The number of urea groups is 1. The lowest BCUT2D eigenvalue weighted by atomic mass is 9.86. The number of piperidine rings is 1. The first-order valence-corrected chi connectivity index (χ1v) is 12.5. The van der Waals surface area contributed by atoms with Crippen molar-refractivity contribution in [3.63, 3.8) is 0 Å². The van der Waals surface area contributed by atoms with Crippen molar-refractivity contribution >= 4 is 34.3 Å². The number of fused-ring (bicyclic) bond motifs is 3. The van der Waals surface area contributed by atoms with Gasteiger partial charge in [0.15, 0.2) is 0 Å². The van der Waals surface area contributed by atoms with Gasteiger partial charge in [-0.25, -0.2) is 9.78 Å². The molecule has 2 aliphatic heterocycles. The lowest BCUT2D eigenvalue weighted by Crippen LogP contribution is -2.46. The van der Waals surface area contributed by atoms with Gasteiger partial charge in [-0.15, -0.1) is 0 Å². The first-order chi connectivity index (χ1) is 16.6. The number of aliphatic hydroxyl groups is 1. The number of likely N-dealkylation sites (tertiary alicyclic amines) is 1. The minimum Gasteiger partial charge on any atom is -0.379 e. The summed E-state index contributed by atoms with van der Waals surface area (Å²) in [7, 11) is 0. The average molecular weight is 596 g/mol. The third kappa shape index (κ3) is 4.77. The van der Waals surface area contributed by atoms with E-state index in [-0.39, 0.29) is 18.0 Å². The zero-order chi connectivity index (χ0) is 24.8. The lowest BCUT2D eigenvalue weighted by molar-refractivity contribution is -0.137. The number of hydrogen-bond donors (Lipinski definition) is 2. The normalized spacial score (nSPS) is 19.7. The molecule has 0 saturated carbocycles.